The quantitative estimate of drug-likeness (QED) is 0.419. The molecule has 0 saturated heterocycles. The van der Waals surface area contributed by atoms with E-state index in [-0.39, 0.29) is 11.1 Å². The number of esters is 1. The number of non-ortho nitro benzene ring substituents is 1. The Hall–Kier alpha value is -1.95. The number of hydrogen-bond acceptors (Lipinski definition) is 5. The molecule has 122 valence electrons. The van der Waals surface area contributed by atoms with Crippen molar-refractivity contribution < 1.29 is 14.5 Å². The number of carbonyl (C=O) groups is 1. The van der Waals surface area contributed by atoms with Gasteiger partial charge in [0.05, 0.1) is 17.1 Å². The minimum Gasteiger partial charge on any atom is -0.461 e. The molecule has 22 heavy (non-hydrogen) atoms. The molecule has 0 fully saturated rings. The average molecular weight is 308 g/mol. The fourth-order valence-electron chi connectivity index (χ4n) is 2.42. The highest BCUT2D eigenvalue weighted by Crippen LogP contribution is 2.28. The number of nitro benzene ring substituents is 1. The molecule has 1 rings (SSSR count). The molecule has 0 atom stereocenters. The Morgan fingerprint density at radius 2 is 1.77 bits per heavy atom. The smallest absolute Gasteiger partial charge is 0.338 e. The van der Waals surface area contributed by atoms with Gasteiger partial charge in [-0.3, -0.25) is 10.1 Å². The Bertz CT molecular complexity index is 507. The van der Waals surface area contributed by atoms with Gasteiger partial charge in [-0.2, -0.15) is 0 Å². The highest BCUT2D eigenvalue weighted by atomic mass is 16.6. The van der Waals surface area contributed by atoms with E-state index in [0.29, 0.717) is 12.2 Å². The lowest BCUT2D eigenvalue weighted by atomic mass is 9.83. The van der Waals surface area contributed by atoms with Crippen LogP contribution in [-0.4, -0.2) is 43.0 Å². The van der Waals surface area contributed by atoms with Crippen molar-refractivity contribution in [3.8, 4) is 0 Å². The summed E-state index contributed by atoms with van der Waals surface area (Å²) in [5, 5.41) is 10.6. The molecule has 0 heterocycles. The van der Waals surface area contributed by atoms with E-state index in [1.54, 1.807) is 0 Å². The van der Waals surface area contributed by atoms with Crippen molar-refractivity contribution in [2.45, 2.75) is 26.7 Å². The molecule has 0 unspecified atom stereocenters. The molecule has 0 aromatic heterocycles. The first-order valence-electron chi connectivity index (χ1n) is 7.40. The van der Waals surface area contributed by atoms with E-state index in [4.69, 9.17) is 4.74 Å². The van der Waals surface area contributed by atoms with Gasteiger partial charge in [0.2, 0.25) is 0 Å². The molecule has 0 spiro atoms. The SMILES string of the molecule is CCC(CC)(COC(=O)c1ccc([N+](=O)[O-])cc1)CN(C)C. The maximum Gasteiger partial charge on any atom is 0.338 e. The third kappa shape index (κ3) is 4.80. The molecule has 0 bridgehead atoms. The average Bonchev–Trinajstić information content (AvgIpc) is 2.51. The van der Waals surface area contributed by atoms with Crippen LogP contribution in [0.1, 0.15) is 37.0 Å². The first-order valence-corrected chi connectivity index (χ1v) is 7.40. The Morgan fingerprint density at radius 1 is 1.23 bits per heavy atom. The molecule has 0 aliphatic rings. The van der Waals surface area contributed by atoms with Crippen molar-refractivity contribution in [2.75, 3.05) is 27.2 Å². The van der Waals surface area contributed by atoms with Crippen LogP contribution < -0.4 is 0 Å². The van der Waals surface area contributed by atoms with Gasteiger partial charge in [0.15, 0.2) is 0 Å². The molecule has 6 nitrogen and oxygen atoms in total. The van der Waals surface area contributed by atoms with Gasteiger partial charge in [-0.25, -0.2) is 4.79 Å². The van der Waals surface area contributed by atoms with Crippen molar-refractivity contribution >= 4 is 11.7 Å². The first kappa shape index (κ1) is 18.1. The molecule has 1 aromatic rings. The van der Waals surface area contributed by atoms with E-state index in [2.05, 4.69) is 18.7 Å². The highest BCUT2D eigenvalue weighted by Gasteiger charge is 2.29. The van der Waals surface area contributed by atoms with Crippen LogP contribution in [0, 0.1) is 15.5 Å². The van der Waals surface area contributed by atoms with E-state index in [1.165, 1.54) is 24.3 Å². The Balaban J connectivity index is 2.72. The van der Waals surface area contributed by atoms with Gasteiger partial charge in [0.25, 0.3) is 5.69 Å². The van der Waals surface area contributed by atoms with Gasteiger partial charge in [0, 0.05) is 24.1 Å². The van der Waals surface area contributed by atoms with Crippen LogP contribution in [-0.2, 0) is 4.74 Å². The predicted molar refractivity (Wildman–Crippen MR) is 84.9 cm³/mol. The van der Waals surface area contributed by atoms with Crippen molar-refractivity contribution in [3.05, 3.63) is 39.9 Å². The third-order valence-electron chi connectivity index (χ3n) is 3.97. The molecular formula is C16H24N2O4. The molecule has 0 aliphatic carbocycles. The summed E-state index contributed by atoms with van der Waals surface area (Å²) in [6, 6.07) is 5.46. The molecule has 1 aromatic carbocycles. The fourth-order valence-corrected chi connectivity index (χ4v) is 2.42. The second-order valence-electron chi connectivity index (χ2n) is 5.83. The molecule has 0 saturated carbocycles. The largest absolute Gasteiger partial charge is 0.461 e. The van der Waals surface area contributed by atoms with Crippen molar-refractivity contribution in [1.29, 1.82) is 0 Å². The number of hydrogen-bond donors (Lipinski definition) is 0. The maximum atomic E-state index is 12.1. The Morgan fingerprint density at radius 3 is 2.18 bits per heavy atom. The fraction of sp³-hybridized carbons (Fsp3) is 0.562. The zero-order valence-corrected chi connectivity index (χ0v) is 13.7. The van der Waals surface area contributed by atoms with Gasteiger partial charge >= 0.3 is 5.97 Å². The third-order valence-corrected chi connectivity index (χ3v) is 3.97. The zero-order valence-electron chi connectivity index (χ0n) is 13.7. The van der Waals surface area contributed by atoms with Crippen LogP contribution in [0.25, 0.3) is 0 Å². The summed E-state index contributed by atoms with van der Waals surface area (Å²) in [5.41, 5.74) is 0.220. The molecular weight excluding hydrogens is 284 g/mol. The summed E-state index contributed by atoms with van der Waals surface area (Å²) in [6.45, 7) is 5.36. The Labute approximate surface area is 131 Å². The number of rotatable bonds is 8. The molecule has 0 radical (unpaired) electrons. The van der Waals surface area contributed by atoms with Gasteiger partial charge in [-0.05, 0) is 39.1 Å². The maximum absolute atomic E-state index is 12.1. The van der Waals surface area contributed by atoms with Crippen LogP contribution >= 0.6 is 0 Å². The van der Waals surface area contributed by atoms with E-state index in [9.17, 15) is 14.9 Å². The number of nitro groups is 1. The van der Waals surface area contributed by atoms with Crippen LogP contribution in [0.2, 0.25) is 0 Å². The molecule has 0 N–H and O–H groups in total. The van der Waals surface area contributed by atoms with E-state index < -0.39 is 10.9 Å². The second kappa shape index (κ2) is 7.89. The standard InChI is InChI=1S/C16H24N2O4/c1-5-16(6-2,11-17(3)4)12-22-15(19)13-7-9-14(10-8-13)18(20)21/h7-10H,5-6,11-12H2,1-4H3. The zero-order chi connectivity index (χ0) is 16.8. The van der Waals surface area contributed by atoms with Gasteiger partial charge in [0.1, 0.15) is 0 Å². The summed E-state index contributed by atoms with van der Waals surface area (Å²) in [5.74, 6) is -0.445. The number of nitrogens with zero attached hydrogens (tertiary/aromatic N) is 2. The van der Waals surface area contributed by atoms with Gasteiger partial charge in [-0.15, -0.1) is 0 Å². The molecule has 6 heteroatoms. The molecule has 0 aliphatic heterocycles. The van der Waals surface area contributed by atoms with Crippen LogP contribution in [0.4, 0.5) is 5.69 Å². The van der Waals surface area contributed by atoms with E-state index in [1.807, 2.05) is 14.1 Å². The lowest BCUT2D eigenvalue weighted by Gasteiger charge is -2.33. The van der Waals surface area contributed by atoms with Crippen molar-refractivity contribution in [3.63, 3.8) is 0 Å². The van der Waals surface area contributed by atoms with Crippen LogP contribution in [0.15, 0.2) is 24.3 Å². The lowest BCUT2D eigenvalue weighted by Crippen LogP contribution is -2.37. The number of ether oxygens (including phenoxy) is 1. The summed E-state index contributed by atoms with van der Waals surface area (Å²) in [7, 11) is 4.00. The minimum atomic E-state index is -0.495. The summed E-state index contributed by atoms with van der Waals surface area (Å²) < 4.78 is 5.44. The van der Waals surface area contributed by atoms with Crippen LogP contribution in [0.3, 0.4) is 0 Å². The first-order chi connectivity index (χ1) is 10.3. The minimum absolute atomic E-state index is 0.0411. The molecule has 0 amide bonds. The lowest BCUT2D eigenvalue weighted by molar-refractivity contribution is -0.384. The predicted octanol–water partition coefficient (Wildman–Crippen LogP) is 3.12. The summed E-state index contributed by atoms with van der Waals surface area (Å²) >= 11 is 0. The topological polar surface area (TPSA) is 72.7 Å². The van der Waals surface area contributed by atoms with Crippen molar-refractivity contribution in [2.24, 2.45) is 5.41 Å². The van der Waals surface area contributed by atoms with Gasteiger partial charge < -0.3 is 9.64 Å². The van der Waals surface area contributed by atoms with E-state index >= 15 is 0 Å². The summed E-state index contributed by atoms with van der Waals surface area (Å²) in [4.78, 5) is 24.3. The highest BCUT2D eigenvalue weighted by molar-refractivity contribution is 5.89. The van der Waals surface area contributed by atoms with E-state index in [0.717, 1.165) is 19.4 Å². The number of carbonyl (C=O) groups excluding carboxylic acids is 1. The monoisotopic (exact) mass is 308 g/mol. The van der Waals surface area contributed by atoms with Crippen LogP contribution in [0.5, 0.6) is 0 Å². The number of benzene rings is 1. The summed E-state index contributed by atoms with van der Waals surface area (Å²) in [6.07, 6.45) is 1.82. The normalized spacial score (nSPS) is 11.5. The van der Waals surface area contributed by atoms with Gasteiger partial charge in [-0.1, -0.05) is 13.8 Å². The second-order valence-corrected chi connectivity index (χ2v) is 5.83. The van der Waals surface area contributed by atoms with Crippen molar-refractivity contribution in [1.82, 2.24) is 4.90 Å². The Kier molecular flexibility index (Phi) is 6.49.